The van der Waals surface area contributed by atoms with E-state index in [0.717, 1.165) is 0 Å². The Morgan fingerprint density at radius 2 is 2.00 bits per heavy atom. The highest BCUT2D eigenvalue weighted by molar-refractivity contribution is 5.76. The Bertz CT molecular complexity index is 191. The largest absolute Gasteiger partial charge is 0.481 e. The van der Waals surface area contributed by atoms with Gasteiger partial charge in [0.2, 0.25) is 0 Å². The van der Waals surface area contributed by atoms with E-state index >= 15 is 0 Å². The molecule has 0 aliphatic carbocycles. The summed E-state index contributed by atoms with van der Waals surface area (Å²) in [6.07, 6.45) is -0.229. The van der Waals surface area contributed by atoms with Crippen molar-refractivity contribution in [1.82, 2.24) is 5.32 Å². The number of hydrogen-bond donors (Lipinski definition) is 2. The van der Waals surface area contributed by atoms with Crippen molar-refractivity contribution >= 4 is 11.9 Å². The van der Waals surface area contributed by atoms with Crippen molar-refractivity contribution in [2.24, 2.45) is 0 Å². The second-order valence-electron chi connectivity index (χ2n) is 3.22. The number of rotatable bonds is 7. The first-order valence-corrected chi connectivity index (χ1v) is 4.63. The zero-order valence-electron chi connectivity index (χ0n) is 8.58. The predicted molar refractivity (Wildman–Crippen MR) is 51.0 cm³/mol. The molecule has 0 spiro atoms. The number of carbonyl (C=O) groups excluding carboxylic acids is 1. The monoisotopic (exact) mass is 203 g/mol. The lowest BCUT2D eigenvalue weighted by atomic mass is 10.3. The molecule has 0 rings (SSSR count). The number of ether oxygens (including phenoxy) is 1. The lowest BCUT2D eigenvalue weighted by Crippen LogP contribution is -2.27. The summed E-state index contributed by atoms with van der Waals surface area (Å²) in [5.74, 6) is -1.44. The molecule has 82 valence electrons. The molecule has 0 aromatic carbocycles. The van der Waals surface area contributed by atoms with Gasteiger partial charge in [-0.15, -0.1) is 0 Å². The molecule has 0 aliphatic heterocycles. The van der Waals surface area contributed by atoms with E-state index in [2.05, 4.69) is 5.32 Å². The van der Waals surface area contributed by atoms with E-state index in [1.165, 1.54) is 0 Å². The Labute approximate surface area is 83.4 Å². The van der Waals surface area contributed by atoms with Crippen LogP contribution in [0.3, 0.4) is 0 Å². The summed E-state index contributed by atoms with van der Waals surface area (Å²) in [7, 11) is 0. The van der Waals surface area contributed by atoms with Crippen molar-refractivity contribution < 1.29 is 19.4 Å². The molecule has 0 radical (unpaired) electrons. The van der Waals surface area contributed by atoms with Crippen molar-refractivity contribution in [1.29, 1.82) is 0 Å². The summed E-state index contributed by atoms with van der Waals surface area (Å²) >= 11 is 0. The predicted octanol–water partition coefficient (Wildman–Crippen LogP) is 0.392. The highest BCUT2D eigenvalue weighted by atomic mass is 16.5. The molecular formula is C9H17NO4. The van der Waals surface area contributed by atoms with Crippen LogP contribution in [0.25, 0.3) is 0 Å². The third-order valence-corrected chi connectivity index (χ3v) is 1.46. The molecule has 0 amide bonds. The molecule has 5 heteroatoms. The minimum Gasteiger partial charge on any atom is -0.481 e. The van der Waals surface area contributed by atoms with Gasteiger partial charge >= 0.3 is 11.9 Å². The number of carboxylic acids is 1. The van der Waals surface area contributed by atoms with Crippen LogP contribution in [0.15, 0.2) is 0 Å². The van der Waals surface area contributed by atoms with E-state index in [0.29, 0.717) is 12.6 Å². The molecule has 0 aromatic rings. The van der Waals surface area contributed by atoms with Crippen LogP contribution in [0.1, 0.15) is 26.7 Å². The Hall–Kier alpha value is -1.10. The fourth-order valence-corrected chi connectivity index (χ4v) is 0.794. The van der Waals surface area contributed by atoms with Gasteiger partial charge in [0.25, 0.3) is 0 Å². The van der Waals surface area contributed by atoms with E-state index in [1.807, 2.05) is 13.8 Å². The lowest BCUT2D eigenvalue weighted by Gasteiger charge is -2.08. The molecule has 0 bridgehead atoms. The van der Waals surface area contributed by atoms with E-state index in [9.17, 15) is 9.59 Å². The number of carboxylic acid groups (broad SMARTS) is 1. The van der Waals surface area contributed by atoms with Crippen molar-refractivity contribution in [2.75, 3.05) is 13.2 Å². The standard InChI is InChI=1S/C9H17NO4/c1-7(2)10-5-6-14-9(13)4-3-8(11)12/h7,10H,3-6H2,1-2H3,(H,11,12). The second-order valence-corrected chi connectivity index (χ2v) is 3.22. The van der Waals surface area contributed by atoms with E-state index in [-0.39, 0.29) is 19.4 Å². The zero-order valence-corrected chi connectivity index (χ0v) is 8.58. The molecule has 0 atom stereocenters. The van der Waals surface area contributed by atoms with Crippen molar-refractivity contribution in [3.05, 3.63) is 0 Å². The maximum absolute atomic E-state index is 10.9. The van der Waals surface area contributed by atoms with Gasteiger partial charge in [0, 0.05) is 12.6 Å². The fraction of sp³-hybridized carbons (Fsp3) is 0.778. The first-order valence-electron chi connectivity index (χ1n) is 4.63. The van der Waals surface area contributed by atoms with Crippen LogP contribution in [-0.2, 0) is 14.3 Å². The first kappa shape index (κ1) is 12.9. The maximum atomic E-state index is 10.9. The van der Waals surface area contributed by atoms with Gasteiger partial charge in [0.1, 0.15) is 6.61 Å². The van der Waals surface area contributed by atoms with Gasteiger partial charge in [-0.1, -0.05) is 13.8 Å². The molecule has 0 fully saturated rings. The number of hydrogen-bond acceptors (Lipinski definition) is 4. The van der Waals surface area contributed by atoms with Crippen LogP contribution in [0.4, 0.5) is 0 Å². The summed E-state index contributed by atoms with van der Waals surface area (Å²) in [5.41, 5.74) is 0. The van der Waals surface area contributed by atoms with Gasteiger partial charge in [-0.3, -0.25) is 9.59 Å². The van der Waals surface area contributed by atoms with Crippen LogP contribution in [0, 0.1) is 0 Å². The van der Waals surface area contributed by atoms with E-state index in [1.54, 1.807) is 0 Å². The summed E-state index contributed by atoms with van der Waals surface area (Å²) in [4.78, 5) is 21.0. The normalized spacial score (nSPS) is 10.2. The van der Waals surface area contributed by atoms with Crippen LogP contribution in [-0.4, -0.2) is 36.2 Å². The summed E-state index contributed by atoms with van der Waals surface area (Å²) in [5, 5.41) is 11.4. The smallest absolute Gasteiger partial charge is 0.306 e. The highest BCUT2D eigenvalue weighted by Crippen LogP contribution is 1.92. The lowest BCUT2D eigenvalue weighted by molar-refractivity contribution is -0.147. The molecule has 0 saturated heterocycles. The van der Waals surface area contributed by atoms with E-state index in [4.69, 9.17) is 9.84 Å². The third-order valence-electron chi connectivity index (χ3n) is 1.46. The Morgan fingerprint density at radius 3 is 2.50 bits per heavy atom. The second kappa shape index (κ2) is 7.32. The SMILES string of the molecule is CC(C)NCCOC(=O)CCC(=O)O. The van der Waals surface area contributed by atoms with Gasteiger partial charge in [0.05, 0.1) is 12.8 Å². The fourth-order valence-electron chi connectivity index (χ4n) is 0.794. The number of aliphatic carboxylic acids is 1. The maximum Gasteiger partial charge on any atom is 0.306 e. The van der Waals surface area contributed by atoms with Crippen molar-refractivity contribution in [3.63, 3.8) is 0 Å². The quantitative estimate of drug-likeness (QED) is 0.462. The minimum absolute atomic E-state index is 0.0585. The molecule has 0 heterocycles. The topological polar surface area (TPSA) is 75.6 Å². The van der Waals surface area contributed by atoms with Gasteiger partial charge in [-0.25, -0.2) is 0 Å². The molecule has 5 nitrogen and oxygen atoms in total. The van der Waals surface area contributed by atoms with E-state index < -0.39 is 11.9 Å². The number of nitrogens with one attached hydrogen (secondary N) is 1. The van der Waals surface area contributed by atoms with Gasteiger partial charge < -0.3 is 15.2 Å². The van der Waals surface area contributed by atoms with Crippen LogP contribution < -0.4 is 5.32 Å². The molecule has 14 heavy (non-hydrogen) atoms. The summed E-state index contributed by atoms with van der Waals surface area (Å²) in [6.45, 7) is 4.87. The van der Waals surface area contributed by atoms with Crippen molar-refractivity contribution in [3.8, 4) is 0 Å². The summed E-state index contributed by atoms with van der Waals surface area (Å²) in [6, 6.07) is 0.354. The van der Waals surface area contributed by atoms with Crippen LogP contribution in [0.5, 0.6) is 0 Å². The Balaban J connectivity index is 3.31. The Kier molecular flexibility index (Phi) is 6.74. The molecule has 0 aliphatic rings. The average Bonchev–Trinajstić information content (AvgIpc) is 2.08. The number of esters is 1. The average molecular weight is 203 g/mol. The number of carbonyl (C=O) groups is 2. The Morgan fingerprint density at radius 1 is 1.36 bits per heavy atom. The molecule has 0 saturated carbocycles. The van der Waals surface area contributed by atoms with Gasteiger partial charge in [-0.05, 0) is 0 Å². The molecule has 0 unspecified atom stereocenters. The van der Waals surface area contributed by atoms with Crippen molar-refractivity contribution in [2.45, 2.75) is 32.7 Å². The minimum atomic E-state index is -0.984. The summed E-state index contributed by atoms with van der Waals surface area (Å²) < 4.78 is 4.78. The van der Waals surface area contributed by atoms with Crippen LogP contribution in [0.2, 0.25) is 0 Å². The molecular weight excluding hydrogens is 186 g/mol. The molecule has 2 N–H and O–H groups in total. The highest BCUT2D eigenvalue weighted by Gasteiger charge is 2.05. The third kappa shape index (κ3) is 8.99. The van der Waals surface area contributed by atoms with Crippen LogP contribution >= 0.6 is 0 Å². The van der Waals surface area contributed by atoms with Gasteiger partial charge in [0.15, 0.2) is 0 Å². The van der Waals surface area contributed by atoms with Gasteiger partial charge in [-0.2, -0.15) is 0 Å². The first-order chi connectivity index (χ1) is 6.52. The zero-order chi connectivity index (χ0) is 11.0. The molecule has 0 aromatic heterocycles.